The molecule has 1 aliphatic rings. The van der Waals surface area contributed by atoms with Crippen LogP contribution < -0.4 is 0 Å². The van der Waals surface area contributed by atoms with Gasteiger partial charge in [-0.15, -0.1) is 0 Å². The minimum absolute atomic E-state index is 0.372. The van der Waals surface area contributed by atoms with E-state index in [1.807, 2.05) is 0 Å². The molecular formula is C11H14NO2S. The Morgan fingerprint density at radius 2 is 1.60 bits per heavy atom. The highest BCUT2D eigenvalue weighted by atomic mass is 32.2. The van der Waals surface area contributed by atoms with Gasteiger partial charge >= 0.3 is 0 Å². The van der Waals surface area contributed by atoms with Gasteiger partial charge in [-0.25, -0.2) is 8.42 Å². The van der Waals surface area contributed by atoms with Crippen LogP contribution in [0.4, 0.5) is 0 Å². The molecule has 1 heterocycles. The molecule has 0 N–H and O–H groups in total. The zero-order valence-corrected chi connectivity index (χ0v) is 9.33. The molecular weight excluding hydrogens is 210 g/mol. The topological polar surface area (TPSA) is 37.4 Å². The highest BCUT2D eigenvalue weighted by molar-refractivity contribution is 7.89. The summed E-state index contributed by atoms with van der Waals surface area (Å²) >= 11 is 0. The number of rotatable bonds is 2. The number of hydrogen-bond donors (Lipinski definition) is 0. The van der Waals surface area contributed by atoms with Gasteiger partial charge in [0.05, 0.1) is 4.90 Å². The van der Waals surface area contributed by atoms with Gasteiger partial charge in [0.2, 0.25) is 10.0 Å². The van der Waals surface area contributed by atoms with Crippen LogP contribution in [0.2, 0.25) is 0 Å². The maximum atomic E-state index is 12.1. The molecule has 3 nitrogen and oxygen atoms in total. The molecule has 0 bridgehead atoms. The Hall–Kier alpha value is -0.870. The van der Waals surface area contributed by atoms with Crippen molar-refractivity contribution in [3.05, 3.63) is 36.8 Å². The largest absolute Gasteiger partial charge is 0.243 e. The van der Waals surface area contributed by atoms with E-state index in [1.165, 1.54) is 0 Å². The first-order chi connectivity index (χ1) is 7.10. The Morgan fingerprint density at radius 1 is 1.07 bits per heavy atom. The van der Waals surface area contributed by atoms with Crippen molar-refractivity contribution in [2.75, 3.05) is 13.1 Å². The number of sulfonamides is 1. The van der Waals surface area contributed by atoms with Gasteiger partial charge in [0.1, 0.15) is 0 Å². The molecule has 1 aromatic rings. The number of hydrogen-bond acceptors (Lipinski definition) is 2. The predicted octanol–water partition coefficient (Wildman–Crippen LogP) is 1.65. The van der Waals surface area contributed by atoms with Gasteiger partial charge in [0.15, 0.2) is 0 Å². The highest BCUT2D eigenvalue weighted by Crippen LogP contribution is 2.20. The van der Waals surface area contributed by atoms with E-state index in [0.29, 0.717) is 18.0 Å². The summed E-state index contributed by atoms with van der Waals surface area (Å²) in [4.78, 5) is 0.372. The number of nitrogens with zero attached hydrogens (tertiary/aromatic N) is 1. The van der Waals surface area contributed by atoms with Crippen LogP contribution in [0, 0.1) is 6.92 Å². The summed E-state index contributed by atoms with van der Waals surface area (Å²) in [5.41, 5.74) is 0.829. The summed E-state index contributed by atoms with van der Waals surface area (Å²) in [7, 11) is -3.25. The minimum atomic E-state index is -3.25. The fourth-order valence-electron chi connectivity index (χ4n) is 1.74. The lowest BCUT2D eigenvalue weighted by atomic mass is 10.2. The summed E-state index contributed by atoms with van der Waals surface area (Å²) in [6.07, 6.45) is 1.93. The molecule has 2 rings (SSSR count). The van der Waals surface area contributed by atoms with Gasteiger partial charge < -0.3 is 0 Å². The van der Waals surface area contributed by atoms with Crippen molar-refractivity contribution in [2.45, 2.75) is 17.7 Å². The van der Waals surface area contributed by atoms with Crippen molar-refractivity contribution in [3.8, 4) is 0 Å². The smallest absolute Gasteiger partial charge is 0.207 e. The molecule has 15 heavy (non-hydrogen) atoms. The van der Waals surface area contributed by atoms with Crippen molar-refractivity contribution < 1.29 is 8.42 Å². The fraction of sp³-hybridized carbons (Fsp3) is 0.364. The van der Waals surface area contributed by atoms with Crippen molar-refractivity contribution in [1.29, 1.82) is 0 Å². The van der Waals surface area contributed by atoms with Gasteiger partial charge in [-0.05, 0) is 37.5 Å². The second-order valence-electron chi connectivity index (χ2n) is 3.76. The van der Waals surface area contributed by atoms with E-state index >= 15 is 0 Å². The first-order valence-corrected chi connectivity index (χ1v) is 6.47. The predicted molar refractivity (Wildman–Crippen MR) is 58.9 cm³/mol. The van der Waals surface area contributed by atoms with Gasteiger partial charge in [-0.1, -0.05) is 12.1 Å². The summed E-state index contributed by atoms with van der Waals surface area (Å²) in [5, 5.41) is 0. The van der Waals surface area contributed by atoms with Crippen molar-refractivity contribution in [3.63, 3.8) is 0 Å². The normalized spacial score (nSPS) is 18.2. The molecule has 1 aromatic carbocycles. The molecule has 1 radical (unpaired) electrons. The third-order valence-electron chi connectivity index (χ3n) is 2.63. The zero-order chi connectivity index (χ0) is 10.9. The average molecular weight is 224 g/mol. The van der Waals surface area contributed by atoms with E-state index < -0.39 is 10.0 Å². The lowest BCUT2D eigenvalue weighted by Crippen LogP contribution is -2.27. The van der Waals surface area contributed by atoms with Gasteiger partial charge in [0, 0.05) is 13.1 Å². The molecule has 0 spiro atoms. The van der Waals surface area contributed by atoms with E-state index in [2.05, 4.69) is 6.92 Å². The van der Waals surface area contributed by atoms with Crippen LogP contribution in [0.15, 0.2) is 29.2 Å². The van der Waals surface area contributed by atoms with Crippen LogP contribution >= 0.6 is 0 Å². The number of benzene rings is 1. The Bertz CT molecular complexity index is 430. The Balaban J connectivity index is 2.32. The molecule has 81 valence electrons. The second kappa shape index (κ2) is 3.94. The summed E-state index contributed by atoms with van der Waals surface area (Å²) in [6.45, 7) is 5.03. The monoisotopic (exact) mass is 224 g/mol. The molecule has 1 fully saturated rings. The molecule has 0 aromatic heterocycles. The molecule has 0 aliphatic carbocycles. The molecule has 1 saturated heterocycles. The Kier molecular flexibility index (Phi) is 2.80. The van der Waals surface area contributed by atoms with Crippen molar-refractivity contribution in [2.24, 2.45) is 0 Å². The Labute approximate surface area is 90.8 Å². The van der Waals surface area contributed by atoms with E-state index in [-0.39, 0.29) is 0 Å². The van der Waals surface area contributed by atoms with Crippen LogP contribution in [0.25, 0.3) is 0 Å². The van der Waals surface area contributed by atoms with Gasteiger partial charge in [-0.3, -0.25) is 0 Å². The summed E-state index contributed by atoms with van der Waals surface area (Å²) in [5.74, 6) is 0. The van der Waals surface area contributed by atoms with Crippen LogP contribution in [-0.4, -0.2) is 25.8 Å². The van der Waals surface area contributed by atoms with E-state index in [0.717, 1.165) is 18.4 Å². The van der Waals surface area contributed by atoms with E-state index in [4.69, 9.17) is 0 Å². The van der Waals surface area contributed by atoms with Crippen LogP contribution in [0.3, 0.4) is 0 Å². The van der Waals surface area contributed by atoms with Gasteiger partial charge in [-0.2, -0.15) is 4.31 Å². The zero-order valence-electron chi connectivity index (χ0n) is 8.52. The minimum Gasteiger partial charge on any atom is -0.207 e. The molecule has 0 amide bonds. The maximum Gasteiger partial charge on any atom is 0.243 e. The van der Waals surface area contributed by atoms with Crippen molar-refractivity contribution in [1.82, 2.24) is 4.31 Å². The molecule has 4 heteroatoms. The van der Waals surface area contributed by atoms with Crippen molar-refractivity contribution >= 4 is 10.0 Å². The average Bonchev–Trinajstić information content (AvgIpc) is 2.71. The first kappa shape index (κ1) is 10.6. The third kappa shape index (κ3) is 2.06. The lowest BCUT2D eigenvalue weighted by Gasteiger charge is -2.15. The molecule has 0 saturated carbocycles. The third-order valence-corrected chi connectivity index (χ3v) is 4.54. The SMILES string of the molecule is [CH2]c1ccc(S(=O)(=O)N2CCCC2)cc1. The fourth-order valence-corrected chi connectivity index (χ4v) is 3.26. The van der Waals surface area contributed by atoms with Crippen LogP contribution in [0.1, 0.15) is 18.4 Å². The van der Waals surface area contributed by atoms with Crippen LogP contribution in [-0.2, 0) is 10.0 Å². The summed E-state index contributed by atoms with van der Waals surface area (Å²) in [6, 6.07) is 6.69. The molecule has 1 aliphatic heterocycles. The van der Waals surface area contributed by atoms with E-state index in [9.17, 15) is 8.42 Å². The maximum absolute atomic E-state index is 12.1. The second-order valence-corrected chi connectivity index (χ2v) is 5.69. The van der Waals surface area contributed by atoms with E-state index in [1.54, 1.807) is 28.6 Å². The lowest BCUT2D eigenvalue weighted by molar-refractivity contribution is 0.477. The van der Waals surface area contributed by atoms with Crippen LogP contribution in [0.5, 0.6) is 0 Å². The highest BCUT2D eigenvalue weighted by Gasteiger charge is 2.26. The molecule has 0 atom stereocenters. The van der Waals surface area contributed by atoms with Gasteiger partial charge in [0.25, 0.3) is 0 Å². The standard InChI is InChI=1S/C11H14NO2S/c1-10-4-6-11(7-5-10)15(13,14)12-8-2-3-9-12/h4-7H,1-3,8-9H2. The Morgan fingerprint density at radius 3 is 2.13 bits per heavy atom. The first-order valence-electron chi connectivity index (χ1n) is 5.03. The quantitative estimate of drug-likeness (QED) is 0.766. The molecule has 0 unspecified atom stereocenters. The summed E-state index contributed by atoms with van der Waals surface area (Å²) < 4.78 is 25.6.